The number of carbonyl (C=O) groups excluding carboxylic acids is 1. The van der Waals surface area contributed by atoms with Crippen LogP contribution in [0.5, 0.6) is 0 Å². The first kappa shape index (κ1) is 16.8. The second-order valence-electron chi connectivity index (χ2n) is 6.11. The lowest BCUT2D eigenvalue weighted by Gasteiger charge is -2.35. The van der Waals surface area contributed by atoms with Crippen molar-refractivity contribution >= 4 is 17.5 Å². The number of hydrogen-bond donors (Lipinski definition) is 2. The summed E-state index contributed by atoms with van der Waals surface area (Å²) in [5.74, 6) is 0.288. The van der Waals surface area contributed by atoms with Crippen LogP contribution in [0, 0.1) is 11.3 Å². The molecule has 1 fully saturated rings. The number of morpholine rings is 1. The van der Waals surface area contributed by atoms with Crippen LogP contribution >= 0.6 is 0 Å². The zero-order chi connectivity index (χ0) is 18.0. The van der Waals surface area contributed by atoms with Crippen molar-refractivity contribution in [3.05, 3.63) is 36.0 Å². The summed E-state index contributed by atoms with van der Waals surface area (Å²) >= 11 is 0. The summed E-state index contributed by atoms with van der Waals surface area (Å²) in [6, 6.07) is 8.94. The summed E-state index contributed by atoms with van der Waals surface area (Å²) in [6.45, 7) is 5.04. The van der Waals surface area contributed by atoms with Crippen LogP contribution in [0.3, 0.4) is 0 Å². The first-order chi connectivity index (χ1) is 12.0. The van der Waals surface area contributed by atoms with Crippen LogP contribution < -0.4 is 11.1 Å². The molecule has 2 atom stereocenters. The molecule has 130 valence electrons. The highest BCUT2D eigenvalue weighted by Crippen LogP contribution is 2.19. The van der Waals surface area contributed by atoms with E-state index in [1.807, 2.05) is 19.9 Å². The van der Waals surface area contributed by atoms with Gasteiger partial charge in [-0.1, -0.05) is 0 Å². The van der Waals surface area contributed by atoms with Gasteiger partial charge in [0.15, 0.2) is 0 Å². The largest absolute Gasteiger partial charge is 0.382 e. The normalized spacial score (nSPS) is 20.1. The standard InChI is InChI=1S/C17H20N6O2/c1-11-9-22(10-12(2)25-11)17(24)21-14-3-5-15(6-4-14)23-16(19)13(7-18)8-20-23/h3-6,8,11-12H,9-10,19H2,1-2H3,(H,21,24). The van der Waals surface area contributed by atoms with Crippen molar-refractivity contribution in [2.45, 2.75) is 26.1 Å². The van der Waals surface area contributed by atoms with Crippen molar-refractivity contribution in [2.75, 3.05) is 24.1 Å². The number of ether oxygens (including phenoxy) is 1. The highest BCUT2D eigenvalue weighted by Gasteiger charge is 2.25. The molecule has 3 N–H and O–H groups in total. The highest BCUT2D eigenvalue weighted by atomic mass is 16.5. The monoisotopic (exact) mass is 340 g/mol. The van der Waals surface area contributed by atoms with Crippen molar-refractivity contribution in [2.24, 2.45) is 0 Å². The summed E-state index contributed by atoms with van der Waals surface area (Å²) in [4.78, 5) is 14.1. The maximum atomic E-state index is 12.4. The number of nitrogens with zero attached hydrogens (tertiary/aromatic N) is 4. The van der Waals surface area contributed by atoms with E-state index in [1.54, 1.807) is 29.2 Å². The SMILES string of the molecule is CC1CN(C(=O)Nc2ccc(-n3ncc(C#N)c3N)cc2)CC(C)O1. The van der Waals surface area contributed by atoms with E-state index in [4.69, 9.17) is 15.7 Å². The molecule has 25 heavy (non-hydrogen) atoms. The quantitative estimate of drug-likeness (QED) is 0.868. The Kier molecular flexibility index (Phi) is 4.59. The summed E-state index contributed by atoms with van der Waals surface area (Å²) in [5.41, 5.74) is 7.59. The molecule has 8 nitrogen and oxygen atoms in total. The Morgan fingerprint density at radius 1 is 1.32 bits per heavy atom. The van der Waals surface area contributed by atoms with E-state index in [9.17, 15) is 4.79 Å². The molecule has 1 aromatic carbocycles. The molecular formula is C17H20N6O2. The highest BCUT2D eigenvalue weighted by molar-refractivity contribution is 5.89. The number of anilines is 2. The van der Waals surface area contributed by atoms with Gasteiger partial charge < -0.3 is 20.7 Å². The molecular weight excluding hydrogens is 320 g/mol. The molecule has 1 aromatic heterocycles. The summed E-state index contributed by atoms with van der Waals surface area (Å²) < 4.78 is 7.12. The van der Waals surface area contributed by atoms with Crippen LogP contribution in [0.2, 0.25) is 0 Å². The lowest BCUT2D eigenvalue weighted by Crippen LogP contribution is -2.49. The van der Waals surface area contributed by atoms with Crippen LogP contribution in [-0.4, -0.2) is 46.0 Å². The van der Waals surface area contributed by atoms with E-state index in [2.05, 4.69) is 10.4 Å². The number of amides is 2. The van der Waals surface area contributed by atoms with Crippen LogP contribution in [-0.2, 0) is 4.74 Å². The third-order valence-electron chi connectivity index (χ3n) is 4.00. The lowest BCUT2D eigenvalue weighted by molar-refractivity contribution is -0.0530. The van der Waals surface area contributed by atoms with Crippen molar-refractivity contribution < 1.29 is 9.53 Å². The van der Waals surface area contributed by atoms with Gasteiger partial charge in [-0.05, 0) is 38.1 Å². The first-order valence-corrected chi connectivity index (χ1v) is 8.03. The molecule has 0 spiro atoms. The van der Waals surface area contributed by atoms with E-state index in [0.29, 0.717) is 30.0 Å². The van der Waals surface area contributed by atoms with E-state index in [1.165, 1.54) is 10.9 Å². The predicted octanol–water partition coefficient (Wildman–Crippen LogP) is 1.97. The van der Waals surface area contributed by atoms with Gasteiger partial charge in [0.05, 0.1) is 24.1 Å². The number of nitrogen functional groups attached to an aromatic ring is 1. The number of urea groups is 1. The molecule has 1 aliphatic rings. The van der Waals surface area contributed by atoms with Crippen LogP contribution in [0.4, 0.5) is 16.3 Å². The Morgan fingerprint density at radius 2 is 1.96 bits per heavy atom. The number of hydrogen-bond acceptors (Lipinski definition) is 5. The second kappa shape index (κ2) is 6.83. The average Bonchev–Trinajstić information content (AvgIpc) is 2.95. The maximum absolute atomic E-state index is 12.4. The van der Waals surface area contributed by atoms with Crippen molar-refractivity contribution in [3.8, 4) is 11.8 Å². The summed E-state index contributed by atoms with van der Waals surface area (Å²) in [6.07, 6.45) is 1.47. The van der Waals surface area contributed by atoms with Gasteiger partial charge in [0, 0.05) is 18.8 Å². The maximum Gasteiger partial charge on any atom is 0.322 e. The molecule has 2 heterocycles. The Hall–Kier alpha value is -3.05. The summed E-state index contributed by atoms with van der Waals surface area (Å²) in [7, 11) is 0. The van der Waals surface area contributed by atoms with Gasteiger partial charge in [-0.2, -0.15) is 10.4 Å². The van der Waals surface area contributed by atoms with Gasteiger partial charge in [0.1, 0.15) is 17.5 Å². The predicted molar refractivity (Wildman–Crippen MR) is 93.3 cm³/mol. The van der Waals surface area contributed by atoms with Gasteiger partial charge >= 0.3 is 6.03 Å². The van der Waals surface area contributed by atoms with Crippen LogP contribution in [0.1, 0.15) is 19.4 Å². The van der Waals surface area contributed by atoms with Gasteiger partial charge in [-0.25, -0.2) is 9.48 Å². The molecule has 1 aliphatic heterocycles. The van der Waals surface area contributed by atoms with Crippen molar-refractivity contribution in [1.82, 2.24) is 14.7 Å². The smallest absolute Gasteiger partial charge is 0.322 e. The Morgan fingerprint density at radius 3 is 2.52 bits per heavy atom. The number of aromatic nitrogens is 2. The van der Waals surface area contributed by atoms with Crippen molar-refractivity contribution in [1.29, 1.82) is 5.26 Å². The fourth-order valence-electron chi connectivity index (χ4n) is 2.88. The summed E-state index contributed by atoms with van der Waals surface area (Å²) in [5, 5.41) is 15.9. The lowest BCUT2D eigenvalue weighted by atomic mass is 10.2. The van der Waals surface area contributed by atoms with E-state index in [-0.39, 0.29) is 24.1 Å². The molecule has 2 aromatic rings. The molecule has 2 amide bonds. The molecule has 0 bridgehead atoms. The second-order valence-corrected chi connectivity index (χ2v) is 6.11. The minimum absolute atomic E-state index is 0.0222. The molecule has 0 radical (unpaired) electrons. The molecule has 1 saturated heterocycles. The molecule has 0 aliphatic carbocycles. The number of nitrogens with two attached hydrogens (primary N) is 1. The molecule has 0 saturated carbocycles. The van der Waals surface area contributed by atoms with E-state index >= 15 is 0 Å². The third kappa shape index (κ3) is 3.56. The Bertz CT molecular complexity index is 798. The number of benzene rings is 1. The van der Waals surface area contributed by atoms with E-state index < -0.39 is 0 Å². The number of nitriles is 1. The Labute approximate surface area is 145 Å². The fourth-order valence-corrected chi connectivity index (χ4v) is 2.88. The van der Waals surface area contributed by atoms with Gasteiger partial charge in [0.25, 0.3) is 0 Å². The molecule has 8 heteroatoms. The number of carbonyl (C=O) groups is 1. The fraction of sp³-hybridized carbons (Fsp3) is 0.353. The van der Waals surface area contributed by atoms with Gasteiger partial charge in [-0.15, -0.1) is 0 Å². The number of rotatable bonds is 2. The molecule has 3 rings (SSSR count). The third-order valence-corrected chi connectivity index (χ3v) is 4.00. The Balaban J connectivity index is 1.69. The van der Waals surface area contributed by atoms with Crippen molar-refractivity contribution in [3.63, 3.8) is 0 Å². The van der Waals surface area contributed by atoms with Gasteiger partial charge in [-0.3, -0.25) is 0 Å². The van der Waals surface area contributed by atoms with Crippen LogP contribution in [0.15, 0.2) is 30.5 Å². The van der Waals surface area contributed by atoms with Gasteiger partial charge in [0.2, 0.25) is 0 Å². The average molecular weight is 340 g/mol. The van der Waals surface area contributed by atoms with E-state index in [0.717, 1.165) is 0 Å². The number of nitrogens with one attached hydrogen (secondary N) is 1. The van der Waals surface area contributed by atoms with Crippen LogP contribution in [0.25, 0.3) is 5.69 Å². The molecule has 2 unspecified atom stereocenters. The zero-order valence-corrected chi connectivity index (χ0v) is 14.1. The zero-order valence-electron chi connectivity index (χ0n) is 14.1. The topological polar surface area (TPSA) is 109 Å². The first-order valence-electron chi connectivity index (χ1n) is 8.03. The minimum atomic E-state index is -0.153. The minimum Gasteiger partial charge on any atom is -0.382 e.